The molecule has 0 aromatic heterocycles. The molecule has 0 aliphatic rings. The minimum absolute atomic E-state index is 0. The Morgan fingerprint density at radius 3 is 1.60 bits per heavy atom. The summed E-state index contributed by atoms with van der Waals surface area (Å²) in [5.41, 5.74) is 0. The fourth-order valence-corrected chi connectivity index (χ4v) is 0. The summed E-state index contributed by atoms with van der Waals surface area (Å²) in [7, 11) is 0. The van der Waals surface area contributed by atoms with Crippen molar-refractivity contribution >= 4 is 20.4 Å². The second kappa shape index (κ2) is 5.11. The smallest absolute Gasteiger partial charge is 1.00 e. The van der Waals surface area contributed by atoms with Crippen LogP contribution in [0.2, 0.25) is 0 Å². The Balaban J connectivity index is -0.0000000450. The molecule has 5 heavy (non-hydrogen) atoms. The normalized spacial score (nSPS) is 7.00. The van der Waals surface area contributed by atoms with Gasteiger partial charge in [-0.15, -0.1) is 0 Å². The maximum Gasteiger partial charge on any atom is 1.00 e. The summed E-state index contributed by atoms with van der Waals surface area (Å²) in [5.74, 6) is 0. The molecule has 5 heteroatoms. The third-order valence-electron chi connectivity index (χ3n) is 0. The molecule has 0 heterocycles. The van der Waals surface area contributed by atoms with Crippen LogP contribution < -0.4 is 18.9 Å². The first kappa shape index (κ1) is 9.44. The second-order valence-electron chi connectivity index (χ2n) is 0.231. The molecule has 0 aliphatic carbocycles. The molecule has 0 amide bonds. The molecule has 0 rings (SSSR count). The summed E-state index contributed by atoms with van der Waals surface area (Å²) in [5, 5.41) is 0. The van der Waals surface area contributed by atoms with Crippen LogP contribution in [0.25, 0.3) is 0 Å². The van der Waals surface area contributed by atoms with E-state index >= 15 is 0 Å². The standard InChI is InChI=1S/Li.H2O3Te.H/c;1-4(2)3;/h;(H2,1,2,3);/q+1;;-1. The Labute approximate surface area is 50.8 Å². The quantitative estimate of drug-likeness (QED) is 0.374. The van der Waals surface area contributed by atoms with E-state index in [4.69, 9.17) is 10.0 Å². The Bertz CT molecular complexity index is 33.8. The van der Waals surface area contributed by atoms with Crippen molar-refractivity contribution in [3.05, 3.63) is 0 Å². The molecule has 2 N–H and O–H groups in total. The minimum Gasteiger partial charge on any atom is -1.00 e. The Morgan fingerprint density at radius 2 is 1.60 bits per heavy atom. The second-order valence-corrected chi connectivity index (χ2v) is 1.55. The van der Waals surface area contributed by atoms with Gasteiger partial charge in [0, 0.05) is 0 Å². The third kappa shape index (κ3) is 40.2. The molecular weight excluding hydrogens is 183 g/mol. The van der Waals surface area contributed by atoms with E-state index in [1.54, 1.807) is 0 Å². The van der Waals surface area contributed by atoms with Gasteiger partial charge in [-0.2, -0.15) is 0 Å². The van der Waals surface area contributed by atoms with Crippen molar-refractivity contribution < 1.29 is 30.3 Å². The van der Waals surface area contributed by atoms with Crippen LogP contribution in [-0.2, 0) is 3.10 Å². The molecule has 0 spiro atoms. The van der Waals surface area contributed by atoms with Gasteiger partial charge in [-0.1, -0.05) is 0 Å². The molecule has 0 fully saturated rings. The van der Waals surface area contributed by atoms with Gasteiger partial charge in [0.2, 0.25) is 0 Å². The van der Waals surface area contributed by atoms with Crippen LogP contribution in [0.3, 0.4) is 0 Å². The van der Waals surface area contributed by atoms with E-state index in [-0.39, 0.29) is 20.3 Å². The van der Waals surface area contributed by atoms with Gasteiger partial charge < -0.3 is 1.43 Å². The largest absolute Gasteiger partial charge is 1.00 e. The van der Waals surface area contributed by atoms with Crippen LogP contribution >= 0.6 is 0 Å². The molecule has 3 nitrogen and oxygen atoms in total. The van der Waals surface area contributed by atoms with Crippen molar-refractivity contribution in [2.24, 2.45) is 0 Å². The maximum atomic E-state index is 8.81. The summed E-state index contributed by atoms with van der Waals surface area (Å²) in [6, 6.07) is 0. The van der Waals surface area contributed by atoms with Gasteiger partial charge in [-0.25, -0.2) is 0 Å². The van der Waals surface area contributed by atoms with E-state index in [0.717, 1.165) is 0 Å². The molecular formula is H3LiO3Te. The minimum atomic E-state index is -3.61. The number of hydrogen-bond donors (Lipinski definition) is 2. The van der Waals surface area contributed by atoms with E-state index in [9.17, 15) is 0 Å². The summed E-state index contributed by atoms with van der Waals surface area (Å²) >= 11 is -3.61. The Kier molecular flexibility index (Phi) is 9.65. The first-order valence-corrected chi connectivity index (χ1v) is 3.57. The molecule has 0 atom stereocenters. The fraction of sp³-hybridized carbons (Fsp3) is 0. The van der Waals surface area contributed by atoms with Gasteiger partial charge in [0.05, 0.1) is 0 Å². The summed E-state index contributed by atoms with van der Waals surface area (Å²) in [6.07, 6.45) is 0. The molecule has 0 aliphatic heterocycles. The molecule has 0 aromatic carbocycles. The van der Waals surface area contributed by atoms with Gasteiger partial charge in [0.15, 0.2) is 0 Å². The average molecular weight is 186 g/mol. The molecule has 0 aromatic rings. The zero-order valence-electron chi connectivity index (χ0n) is 3.71. The van der Waals surface area contributed by atoms with E-state index < -0.39 is 20.4 Å². The summed E-state index contributed by atoms with van der Waals surface area (Å²) in [6.45, 7) is 0. The van der Waals surface area contributed by atoms with Crippen LogP contribution in [0.1, 0.15) is 1.43 Å². The predicted octanol–water partition coefficient (Wildman–Crippen LogP) is -4.50. The zero-order valence-corrected chi connectivity index (χ0v) is 5.04. The van der Waals surface area contributed by atoms with Crippen molar-refractivity contribution in [1.29, 1.82) is 0 Å². The van der Waals surface area contributed by atoms with Crippen LogP contribution in [0.5, 0.6) is 0 Å². The van der Waals surface area contributed by atoms with Gasteiger partial charge >= 0.3 is 49.3 Å². The van der Waals surface area contributed by atoms with E-state index in [1.165, 1.54) is 0 Å². The van der Waals surface area contributed by atoms with E-state index in [0.29, 0.717) is 0 Å². The van der Waals surface area contributed by atoms with Crippen molar-refractivity contribution in [3.8, 4) is 0 Å². The van der Waals surface area contributed by atoms with Crippen molar-refractivity contribution in [1.82, 2.24) is 0 Å². The molecule has 0 unspecified atom stereocenters. The van der Waals surface area contributed by atoms with Crippen LogP contribution in [-0.4, -0.2) is 27.3 Å². The van der Waals surface area contributed by atoms with E-state index in [2.05, 4.69) is 0 Å². The summed E-state index contributed by atoms with van der Waals surface area (Å²) in [4.78, 5) is 0. The first-order chi connectivity index (χ1) is 1.73. The molecule has 28 valence electrons. The molecule has 0 radical (unpaired) electrons. The van der Waals surface area contributed by atoms with Gasteiger partial charge in [-0.3, -0.25) is 0 Å². The first-order valence-electron chi connectivity index (χ1n) is 0.532. The van der Waals surface area contributed by atoms with Crippen molar-refractivity contribution in [2.75, 3.05) is 0 Å². The van der Waals surface area contributed by atoms with Gasteiger partial charge in [-0.05, 0) is 0 Å². The average Bonchev–Trinajstić information content (AvgIpc) is 0.811. The van der Waals surface area contributed by atoms with Crippen LogP contribution in [0, 0.1) is 0 Å². The fourth-order valence-electron chi connectivity index (χ4n) is 0. The molecule has 0 saturated heterocycles. The van der Waals surface area contributed by atoms with Gasteiger partial charge in [0.1, 0.15) is 0 Å². The van der Waals surface area contributed by atoms with Crippen LogP contribution in [0.4, 0.5) is 0 Å². The molecule has 0 bridgehead atoms. The maximum absolute atomic E-state index is 8.81. The predicted molar refractivity (Wildman–Crippen MR) is 12.0 cm³/mol. The molecule has 0 saturated carbocycles. The third-order valence-corrected chi connectivity index (χ3v) is 0. The van der Waals surface area contributed by atoms with Crippen molar-refractivity contribution in [2.45, 2.75) is 0 Å². The van der Waals surface area contributed by atoms with Crippen molar-refractivity contribution in [3.63, 3.8) is 0 Å². The van der Waals surface area contributed by atoms with Crippen LogP contribution in [0.15, 0.2) is 0 Å². The zero-order chi connectivity index (χ0) is 3.58. The topological polar surface area (TPSA) is 57.5 Å². The SMILES string of the molecule is O=[Te](O)O.[H-].[Li+]. The number of rotatable bonds is 0. The van der Waals surface area contributed by atoms with E-state index in [1.807, 2.05) is 0 Å². The Morgan fingerprint density at radius 1 is 1.60 bits per heavy atom. The monoisotopic (exact) mass is 188 g/mol. The summed E-state index contributed by atoms with van der Waals surface area (Å²) < 4.78 is 23.3. The van der Waals surface area contributed by atoms with Gasteiger partial charge in [0.25, 0.3) is 0 Å². The Hall–Kier alpha value is 1.11. The number of hydrogen-bond acceptors (Lipinski definition) is 1.